The van der Waals surface area contributed by atoms with Crippen molar-refractivity contribution in [3.05, 3.63) is 83.2 Å². The maximum Gasteiger partial charge on any atom is 0.414 e. The molecule has 0 fully saturated rings. The van der Waals surface area contributed by atoms with Crippen LogP contribution in [0, 0.1) is 13.8 Å². The number of aryl methyl sites for hydroxylation is 2. The SMILES string of the molecule is Cc1nc(-c2ccc(-c3ccc(C(=O)Nc4ccc(C(C)C)c(OCCN(C)C)c4)cc3)c(C)c2)no1.O=C(O)C(=O)O. The summed E-state index contributed by atoms with van der Waals surface area (Å²) in [5, 5.41) is 21.8. The molecule has 0 saturated carbocycles. The molecule has 3 aromatic carbocycles. The van der Waals surface area contributed by atoms with E-state index in [1.54, 1.807) is 6.92 Å². The Bertz CT molecular complexity index is 1570. The molecule has 0 bridgehead atoms. The number of nitrogens with one attached hydrogen (secondary N) is 1. The first-order valence-corrected chi connectivity index (χ1v) is 13.6. The monoisotopic (exact) mass is 588 g/mol. The number of hydrogen-bond acceptors (Lipinski definition) is 8. The van der Waals surface area contributed by atoms with Gasteiger partial charge < -0.3 is 29.7 Å². The Morgan fingerprint density at radius 2 is 1.58 bits per heavy atom. The molecule has 1 amide bonds. The molecule has 1 aromatic heterocycles. The van der Waals surface area contributed by atoms with Crippen molar-refractivity contribution >= 4 is 23.5 Å². The number of hydrogen-bond donors (Lipinski definition) is 3. The molecule has 0 atom stereocenters. The Labute approximate surface area is 250 Å². The van der Waals surface area contributed by atoms with Crippen molar-refractivity contribution in [2.75, 3.05) is 32.6 Å². The first-order chi connectivity index (χ1) is 20.3. The lowest BCUT2D eigenvalue weighted by molar-refractivity contribution is -0.159. The predicted octanol–water partition coefficient (Wildman–Crippen LogP) is 5.49. The molecule has 0 unspecified atom stereocenters. The van der Waals surface area contributed by atoms with Crippen molar-refractivity contribution in [3.8, 4) is 28.3 Å². The number of benzene rings is 3. The number of carbonyl (C=O) groups is 3. The molecular formula is C32H36N4O7. The van der Waals surface area contributed by atoms with Gasteiger partial charge in [0.05, 0.1) is 0 Å². The fourth-order valence-corrected chi connectivity index (χ4v) is 4.10. The van der Waals surface area contributed by atoms with Gasteiger partial charge in [0.2, 0.25) is 11.7 Å². The molecule has 4 aromatic rings. The first-order valence-electron chi connectivity index (χ1n) is 13.6. The third-order valence-electron chi connectivity index (χ3n) is 6.34. The van der Waals surface area contributed by atoms with Gasteiger partial charge in [-0.05, 0) is 73.5 Å². The number of carboxylic acid groups (broad SMARTS) is 2. The molecule has 11 nitrogen and oxygen atoms in total. The minimum absolute atomic E-state index is 0.164. The third-order valence-corrected chi connectivity index (χ3v) is 6.34. The van der Waals surface area contributed by atoms with Gasteiger partial charge >= 0.3 is 11.9 Å². The Hall–Kier alpha value is -5.03. The number of nitrogens with zero attached hydrogens (tertiary/aromatic N) is 3. The topological polar surface area (TPSA) is 155 Å². The van der Waals surface area contributed by atoms with Gasteiger partial charge in [-0.25, -0.2) is 9.59 Å². The largest absolute Gasteiger partial charge is 0.492 e. The van der Waals surface area contributed by atoms with Crippen LogP contribution in [0.15, 0.2) is 65.2 Å². The molecule has 0 aliphatic carbocycles. The molecular weight excluding hydrogens is 552 g/mol. The summed E-state index contributed by atoms with van der Waals surface area (Å²) in [6.07, 6.45) is 0. The standard InChI is InChI=1S/C30H34N4O3.C2H2O4/c1-19(2)26-14-12-25(18-28(26)36-16-15-34(5)6)32-30(35)23-9-7-22(8-10-23)27-13-11-24(17-20(27)3)29-31-21(4)37-33-29;3-1(4)2(5)6/h7-14,17-19H,15-16H2,1-6H3,(H,32,35);(H,3,4)(H,5,6). The van der Waals surface area contributed by atoms with Crippen molar-refractivity contribution in [1.29, 1.82) is 0 Å². The number of ether oxygens (including phenoxy) is 1. The number of rotatable bonds is 9. The predicted molar refractivity (Wildman–Crippen MR) is 162 cm³/mol. The van der Waals surface area contributed by atoms with Crippen LogP contribution in [-0.4, -0.2) is 70.3 Å². The summed E-state index contributed by atoms with van der Waals surface area (Å²) < 4.78 is 11.1. The van der Waals surface area contributed by atoms with Gasteiger partial charge in [0.25, 0.3) is 5.91 Å². The number of aliphatic carboxylic acids is 2. The van der Waals surface area contributed by atoms with E-state index in [9.17, 15) is 4.79 Å². The smallest absolute Gasteiger partial charge is 0.414 e. The summed E-state index contributed by atoms with van der Waals surface area (Å²) in [4.78, 5) is 37.6. The molecule has 0 radical (unpaired) electrons. The highest BCUT2D eigenvalue weighted by molar-refractivity contribution is 6.27. The normalized spacial score (nSPS) is 10.7. The zero-order valence-corrected chi connectivity index (χ0v) is 25.0. The second-order valence-corrected chi connectivity index (χ2v) is 10.4. The highest BCUT2D eigenvalue weighted by atomic mass is 16.5. The minimum atomic E-state index is -1.82. The zero-order valence-electron chi connectivity index (χ0n) is 25.0. The van der Waals surface area contributed by atoms with Crippen molar-refractivity contribution in [2.45, 2.75) is 33.6 Å². The van der Waals surface area contributed by atoms with E-state index in [-0.39, 0.29) is 5.91 Å². The number of carbonyl (C=O) groups excluding carboxylic acids is 1. The summed E-state index contributed by atoms with van der Waals surface area (Å²) in [5.41, 5.74) is 6.52. The van der Waals surface area contributed by atoms with Crippen molar-refractivity contribution in [3.63, 3.8) is 0 Å². The number of aromatic nitrogens is 2. The van der Waals surface area contributed by atoms with Crippen LogP contribution >= 0.6 is 0 Å². The molecule has 3 N–H and O–H groups in total. The summed E-state index contributed by atoms with van der Waals surface area (Å²) >= 11 is 0. The number of anilines is 1. The van der Waals surface area contributed by atoms with E-state index < -0.39 is 11.9 Å². The summed E-state index contributed by atoms with van der Waals surface area (Å²) in [5.74, 6) is -1.57. The molecule has 0 aliphatic rings. The van der Waals surface area contributed by atoms with Crippen LogP contribution < -0.4 is 10.1 Å². The Balaban J connectivity index is 0.000000765. The van der Waals surface area contributed by atoms with Gasteiger partial charge in [-0.15, -0.1) is 0 Å². The molecule has 0 spiro atoms. The van der Waals surface area contributed by atoms with E-state index in [4.69, 9.17) is 29.1 Å². The molecule has 43 heavy (non-hydrogen) atoms. The Kier molecular flexibility index (Phi) is 11.1. The van der Waals surface area contributed by atoms with E-state index in [1.165, 1.54) is 0 Å². The van der Waals surface area contributed by atoms with Gasteiger partial charge in [-0.2, -0.15) is 4.98 Å². The molecule has 4 rings (SSSR count). The van der Waals surface area contributed by atoms with E-state index in [1.807, 2.05) is 81.7 Å². The molecule has 0 aliphatic heterocycles. The second kappa shape index (κ2) is 14.7. The van der Waals surface area contributed by atoms with E-state index >= 15 is 0 Å². The highest BCUT2D eigenvalue weighted by Gasteiger charge is 2.13. The molecule has 11 heteroatoms. The van der Waals surface area contributed by atoms with E-state index in [2.05, 4.69) is 34.2 Å². The Morgan fingerprint density at radius 3 is 2.12 bits per heavy atom. The summed E-state index contributed by atoms with van der Waals surface area (Å²) in [6, 6.07) is 19.5. The number of likely N-dealkylation sites (N-methyl/N-ethyl adjacent to an activating group) is 1. The second-order valence-electron chi connectivity index (χ2n) is 10.4. The van der Waals surface area contributed by atoms with Gasteiger partial charge in [0.15, 0.2) is 0 Å². The quantitative estimate of drug-likeness (QED) is 0.214. The van der Waals surface area contributed by atoms with Crippen LogP contribution in [0.5, 0.6) is 5.75 Å². The average molecular weight is 589 g/mol. The summed E-state index contributed by atoms with van der Waals surface area (Å²) in [7, 11) is 4.03. The van der Waals surface area contributed by atoms with E-state index in [0.29, 0.717) is 35.5 Å². The van der Waals surface area contributed by atoms with Crippen LogP contribution in [0.1, 0.15) is 47.1 Å². The van der Waals surface area contributed by atoms with Crippen LogP contribution in [-0.2, 0) is 9.59 Å². The fraction of sp³-hybridized carbons (Fsp3) is 0.281. The fourth-order valence-electron chi connectivity index (χ4n) is 4.10. The minimum Gasteiger partial charge on any atom is -0.492 e. The van der Waals surface area contributed by atoms with E-state index in [0.717, 1.165) is 40.1 Å². The molecule has 0 saturated heterocycles. The number of carboxylic acids is 2. The lowest BCUT2D eigenvalue weighted by Gasteiger charge is -2.17. The van der Waals surface area contributed by atoms with Crippen LogP contribution in [0.4, 0.5) is 5.69 Å². The highest BCUT2D eigenvalue weighted by Crippen LogP contribution is 2.31. The van der Waals surface area contributed by atoms with Gasteiger partial charge in [0, 0.05) is 36.3 Å². The average Bonchev–Trinajstić information content (AvgIpc) is 3.39. The Morgan fingerprint density at radius 1 is 0.930 bits per heavy atom. The van der Waals surface area contributed by atoms with Crippen LogP contribution in [0.2, 0.25) is 0 Å². The molecule has 1 heterocycles. The van der Waals surface area contributed by atoms with Gasteiger partial charge in [-0.1, -0.05) is 49.3 Å². The summed E-state index contributed by atoms with van der Waals surface area (Å²) in [6.45, 7) is 9.49. The lowest BCUT2D eigenvalue weighted by Crippen LogP contribution is -2.20. The van der Waals surface area contributed by atoms with Crippen LogP contribution in [0.25, 0.3) is 22.5 Å². The number of amides is 1. The maximum atomic E-state index is 13.0. The maximum absolute atomic E-state index is 13.0. The van der Waals surface area contributed by atoms with Crippen molar-refractivity contribution in [1.82, 2.24) is 15.0 Å². The first kappa shape index (κ1) is 32.5. The van der Waals surface area contributed by atoms with Gasteiger partial charge in [-0.3, -0.25) is 4.79 Å². The molecule has 226 valence electrons. The van der Waals surface area contributed by atoms with Crippen molar-refractivity contribution < 1.29 is 33.9 Å². The van der Waals surface area contributed by atoms with Crippen molar-refractivity contribution in [2.24, 2.45) is 0 Å². The zero-order chi connectivity index (χ0) is 31.7. The lowest BCUT2D eigenvalue weighted by atomic mass is 9.97. The third kappa shape index (κ3) is 9.23. The van der Waals surface area contributed by atoms with Crippen LogP contribution in [0.3, 0.4) is 0 Å². The van der Waals surface area contributed by atoms with Gasteiger partial charge in [0.1, 0.15) is 12.4 Å².